The molecule has 1 fully saturated rings. The summed E-state index contributed by atoms with van der Waals surface area (Å²) in [6.45, 7) is 14.5. The van der Waals surface area contributed by atoms with Crippen molar-refractivity contribution < 1.29 is 19.1 Å². The van der Waals surface area contributed by atoms with Crippen LogP contribution in [0.2, 0.25) is 0 Å². The fraction of sp³-hybridized carbons (Fsp3) is 0.436. The number of hydrogen-bond acceptors (Lipinski definition) is 10. The van der Waals surface area contributed by atoms with Crippen LogP contribution in [0.1, 0.15) is 65.7 Å². The van der Waals surface area contributed by atoms with Crippen molar-refractivity contribution in [1.29, 1.82) is 0 Å². The summed E-state index contributed by atoms with van der Waals surface area (Å²) in [7, 11) is 3.73. The number of nitrogens with zero attached hydrogens (tertiary/aromatic N) is 8. The van der Waals surface area contributed by atoms with Gasteiger partial charge in [-0.3, -0.25) is 29.3 Å². The Morgan fingerprint density at radius 1 is 1.00 bits per heavy atom. The zero-order valence-corrected chi connectivity index (χ0v) is 32.3. The first-order chi connectivity index (χ1) is 26.1. The predicted molar refractivity (Wildman–Crippen MR) is 212 cm³/mol. The molecule has 0 unspecified atom stereocenters. The minimum Gasteiger partial charge on any atom is -0.379 e. The van der Waals surface area contributed by atoms with E-state index in [1.54, 1.807) is 29.0 Å². The van der Waals surface area contributed by atoms with E-state index in [1.807, 2.05) is 64.9 Å². The number of rotatable bonds is 15. The van der Waals surface area contributed by atoms with E-state index in [2.05, 4.69) is 40.8 Å². The summed E-state index contributed by atoms with van der Waals surface area (Å²) in [5, 5.41) is 10.7. The van der Waals surface area contributed by atoms with Crippen molar-refractivity contribution in [3.05, 3.63) is 76.8 Å². The SMILES string of the molecule is C/C=C(/C=O)N(C)CC.CCn1nc(C)cc1C(=O)Nc1nc2cccc(CN3CCOCC3)c2n1CCCCn1c(NC)nc2cc(C(N)=O)ccc21. The Hall–Kier alpha value is -5.54. The van der Waals surface area contributed by atoms with E-state index in [0.29, 0.717) is 36.8 Å². The molecule has 5 aromatic rings. The number of nitrogens with one attached hydrogen (secondary N) is 2. The van der Waals surface area contributed by atoms with E-state index in [1.165, 1.54) is 5.56 Å². The standard InChI is InChI=1S/C32H40N10O3.C7H13NO/c1-4-42-27(18-21(2)38-42)30(44)37-32-35-24-9-7-8-23(20-39-14-16-45-17-15-39)28(24)41(32)13-6-5-12-40-26-11-10-22(29(33)43)19-25(26)36-31(40)34-3;1-4-7(6-9)8(3)5-2/h7-11,18-19H,4-6,12-17,20H2,1-3H3,(H2,33,43)(H,34,36)(H,35,37,44);4,6H,5H2,1-3H3/b;7-4-. The molecule has 6 rings (SSSR count). The Balaban J connectivity index is 0.000000554. The van der Waals surface area contributed by atoms with Crippen LogP contribution in [-0.4, -0.2) is 104 Å². The highest BCUT2D eigenvalue weighted by Crippen LogP contribution is 2.27. The van der Waals surface area contributed by atoms with Crippen LogP contribution in [0.25, 0.3) is 22.1 Å². The molecule has 0 radical (unpaired) electrons. The lowest BCUT2D eigenvalue weighted by molar-refractivity contribution is -0.106. The number of carbonyl (C=O) groups excluding carboxylic acids is 3. The number of ether oxygens (including phenoxy) is 1. The number of aldehydes is 1. The highest BCUT2D eigenvalue weighted by molar-refractivity contribution is 6.03. The van der Waals surface area contributed by atoms with Gasteiger partial charge in [-0.05, 0) is 76.4 Å². The van der Waals surface area contributed by atoms with Crippen LogP contribution in [0.4, 0.5) is 11.9 Å². The van der Waals surface area contributed by atoms with Gasteiger partial charge in [0, 0.05) is 65.5 Å². The molecule has 288 valence electrons. The first-order valence-corrected chi connectivity index (χ1v) is 18.6. The van der Waals surface area contributed by atoms with E-state index >= 15 is 0 Å². The zero-order chi connectivity index (χ0) is 38.8. The number of allylic oxidation sites excluding steroid dienone is 2. The molecule has 0 aliphatic carbocycles. The van der Waals surface area contributed by atoms with Gasteiger partial charge < -0.3 is 29.8 Å². The molecule has 2 amide bonds. The second-order valence-corrected chi connectivity index (χ2v) is 13.2. The van der Waals surface area contributed by atoms with Gasteiger partial charge in [-0.1, -0.05) is 18.2 Å². The van der Waals surface area contributed by atoms with Crippen molar-refractivity contribution in [3.63, 3.8) is 0 Å². The second-order valence-electron chi connectivity index (χ2n) is 13.2. The van der Waals surface area contributed by atoms with Crippen molar-refractivity contribution in [2.24, 2.45) is 5.73 Å². The number of hydrogen-bond donors (Lipinski definition) is 3. The van der Waals surface area contributed by atoms with Gasteiger partial charge in [-0.25, -0.2) is 9.97 Å². The quantitative estimate of drug-likeness (QED) is 0.0780. The third kappa shape index (κ3) is 9.15. The number of unbranched alkanes of at least 4 members (excludes halogenated alkanes) is 1. The predicted octanol–water partition coefficient (Wildman–Crippen LogP) is 4.66. The largest absolute Gasteiger partial charge is 0.379 e. The molecule has 0 bridgehead atoms. The third-order valence-electron chi connectivity index (χ3n) is 9.61. The van der Waals surface area contributed by atoms with E-state index in [4.69, 9.17) is 15.5 Å². The molecule has 1 aliphatic rings. The Morgan fingerprint density at radius 2 is 1.72 bits per heavy atom. The van der Waals surface area contributed by atoms with Gasteiger partial charge in [0.25, 0.3) is 5.91 Å². The summed E-state index contributed by atoms with van der Waals surface area (Å²) < 4.78 is 11.5. The molecule has 4 N–H and O–H groups in total. The Kier molecular flexibility index (Phi) is 13.6. The lowest BCUT2D eigenvalue weighted by Crippen LogP contribution is -2.35. The molecule has 2 aromatic carbocycles. The monoisotopic (exact) mass is 739 g/mol. The minimum atomic E-state index is -0.477. The molecular weight excluding hydrogens is 687 g/mol. The molecular formula is C39H53N11O4. The average molecular weight is 740 g/mol. The third-order valence-corrected chi connectivity index (χ3v) is 9.61. The number of anilines is 2. The summed E-state index contributed by atoms with van der Waals surface area (Å²) >= 11 is 0. The van der Waals surface area contributed by atoms with E-state index in [0.717, 1.165) is 97.9 Å². The maximum Gasteiger partial charge on any atom is 0.276 e. The number of benzene rings is 2. The number of aryl methyl sites for hydroxylation is 4. The van der Waals surface area contributed by atoms with Crippen LogP contribution in [0, 0.1) is 6.92 Å². The first kappa shape index (κ1) is 39.7. The van der Waals surface area contributed by atoms with Crippen molar-refractivity contribution in [2.45, 2.75) is 66.7 Å². The summed E-state index contributed by atoms with van der Waals surface area (Å²) in [5.74, 6) is 0.537. The van der Waals surface area contributed by atoms with Gasteiger partial charge in [0.1, 0.15) is 5.69 Å². The number of fused-ring (bicyclic) bond motifs is 2. The van der Waals surface area contributed by atoms with E-state index in [-0.39, 0.29) is 5.91 Å². The van der Waals surface area contributed by atoms with Crippen LogP contribution in [-0.2, 0) is 35.7 Å². The highest BCUT2D eigenvalue weighted by atomic mass is 16.5. The number of amides is 2. The van der Waals surface area contributed by atoms with Crippen LogP contribution in [0.3, 0.4) is 0 Å². The number of likely N-dealkylation sites (N-methyl/N-ethyl adjacent to an activating group) is 1. The van der Waals surface area contributed by atoms with Crippen molar-refractivity contribution in [3.8, 4) is 0 Å². The molecule has 1 saturated heterocycles. The second kappa shape index (κ2) is 18.5. The van der Waals surface area contributed by atoms with E-state index in [9.17, 15) is 14.4 Å². The first-order valence-electron chi connectivity index (χ1n) is 18.6. The molecule has 4 heterocycles. The van der Waals surface area contributed by atoms with Gasteiger partial charge in [0.05, 0.1) is 46.7 Å². The highest BCUT2D eigenvalue weighted by Gasteiger charge is 2.21. The van der Waals surface area contributed by atoms with Gasteiger partial charge in [0.15, 0.2) is 6.29 Å². The lowest BCUT2D eigenvalue weighted by Gasteiger charge is -2.27. The van der Waals surface area contributed by atoms with Gasteiger partial charge in [-0.15, -0.1) is 0 Å². The number of para-hydroxylation sites is 1. The molecule has 3 aromatic heterocycles. The number of imidazole rings is 2. The average Bonchev–Trinajstić information content (AvgIpc) is 3.86. The molecule has 15 heteroatoms. The summed E-state index contributed by atoms with van der Waals surface area (Å²) in [6.07, 6.45) is 4.34. The van der Waals surface area contributed by atoms with Crippen molar-refractivity contribution >= 4 is 52.1 Å². The molecule has 15 nitrogen and oxygen atoms in total. The van der Waals surface area contributed by atoms with Crippen LogP contribution in [0.15, 0.2) is 54.2 Å². The maximum atomic E-state index is 13.5. The van der Waals surface area contributed by atoms with Crippen LogP contribution < -0.4 is 16.4 Å². The summed E-state index contributed by atoms with van der Waals surface area (Å²) in [5.41, 5.74) is 12.7. The summed E-state index contributed by atoms with van der Waals surface area (Å²) in [4.78, 5) is 49.3. The van der Waals surface area contributed by atoms with Gasteiger partial charge in [0.2, 0.25) is 17.8 Å². The van der Waals surface area contributed by atoms with E-state index < -0.39 is 5.91 Å². The fourth-order valence-electron chi connectivity index (χ4n) is 6.64. The van der Waals surface area contributed by atoms with Crippen LogP contribution >= 0.6 is 0 Å². The molecule has 54 heavy (non-hydrogen) atoms. The minimum absolute atomic E-state index is 0.234. The Bertz CT molecular complexity index is 2110. The number of nitrogens with two attached hydrogens (primary N) is 1. The maximum absolute atomic E-state index is 13.5. The molecule has 1 aliphatic heterocycles. The van der Waals surface area contributed by atoms with Crippen molar-refractivity contribution in [2.75, 3.05) is 57.6 Å². The molecule has 0 spiro atoms. The lowest BCUT2D eigenvalue weighted by atomic mass is 10.1. The van der Waals surface area contributed by atoms with Crippen molar-refractivity contribution in [1.82, 2.24) is 38.7 Å². The van der Waals surface area contributed by atoms with Gasteiger partial charge in [-0.2, -0.15) is 5.10 Å². The number of carbonyl (C=O) groups is 3. The topological polar surface area (TPSA) is 170 Å². The Labute approximate surface area is 316 Å². The zero-order valence-electron chi connectivity index (χ0n) is 32.3. The smallest absolute Gasteiger partial charge is 0.276 e. The normalized spacial score (nSPS) is 13.5. The number of aromatic nitrogens is 6. The number of morpholine rings is 1. The molecule has 0 saturated carbocycles. The fourth-order valence-corrected chi connectivity index (χ4v) is 6.64. The molecule has 0 atom stereocenters. The Morgan fingerprint density at radius 3 is 2.35 bits per heavy atom. The van der Waals surface area contributed by atoms with Crippen LogP contribution in [0.5, 0.6) is 0 Å². The van der Waals surface area contributed by atoms with Gasteiger partial charge >= 0.3 is 0 Å². The summed E-state index contributed by atoms with van der Waals surface area (Å²) in [6, 6.07) is 13.3. The number of primary amides is 1.